The Morgan fingerprint density at radius 3 is 2.50 bits per heavy atom. The van der Waals surface area contributed by atoms with E-state index in [0.29, 0.717) is 33.3 Å². The third kappa shape index (κ3) is 4.55. The zero-order valence-corrected chi connectivity index (χ0v) is 15.7. The molecule has 2 aliphatic heterocycles. The summed E-state index contributed by atoms with van der Waals surface area (Å²) in [7, 11) is 0. The van der Waals surface area contributed by atoms with Crippen LogP contribution >= 0.6 is 34.8 Å². The van der Waals surface area contributed by atoms with E-state index in [4.69, 9.17) is 34.8 Å². The molecule has 0 aromatic heterocycles. The molecule has 2 N–H and O–H groups in total. The standard InChI is InChI=1S/C17H22Cl3N3O/c18-12-8-14(20)16(9-13(12)19)22-17(24)10-23-6-3-11(4-7-23)15-2-1-5-21-15/h8-9,11,15,21H,1-7,10H2,(H,22,24). The summed E-state index contributed by atoms with van der Waals surface area (Å²) in [6.45, 7) is 3.45. The van der Waals surface area contributed by atoms with Crippen LogP contribution in [0.15, 0.2) is 12.1 Å². The van der Waals surface area contributed by atoms with Gasteiger partial charge in [0.25, 0.3) is 0 Å². The highest BCUT2D eigenvalue weighted by Gasteiger charge is 2.28. The van der Waals surface area contributed by atoms with Crippen molar-refractivity contribution in [1.82, 2.24) is 10.2 Å². The van der Waals surface area contributed by atoms with Crippen molar-refractivity contribution in [3.8, 4) is 0 Å². The molecule has 1 aromatic carbocycles. The first-order valence-electron chi connectivity index (χ1n) is 8.43. The molecule has 3 rings (SSSR count). The van der Waals surface area contributed by atoms with E-state index in [2.05, 4.69) is 15.5 Å². The van der Waals surface area contributed by atoms with Crippen molar-refractivity contribution in [3.05, 3.63) is 27.2 Å². The molecule has 1 atom stereocenters. The molecule has 1 amide bonds. The van der Waals surface area contributed by atoms with E-state index in [9.17, 15) is 4.79 Å². The van der Waals surface area contributed by atoms with Gasteiger partial charge in [0.05, 0.1) is 27.3 Å². The van der Waals surface area contributed by atoms with Crippen LogP contribution in [0.4, 0.5) is 5.69 Å². The van der Waals surface area contributed by atoms with Crippen molar-refractivity contribution < 1.29 is 4.79 Å². The van der Waals surface area contributed by atoms with Crippen molar-refractivity contribution in [2.24, 2.45) is 5.92 Å². The fourth-order valence-electron chi connectivity index (χ4n) is 3.64. The number of carbonyl (C=O) groups excluding carboxylic acids is 1. The predicted molar refractivity (Wildman–Crippen MR) is 100 cm³/mol. The summed E-state index contributed by atoms with van der Waals surface area (Å²) < 4.78 is 0. The molecule has 4 nitrogen and oxygen atoms in total. The first-order chi connectivity index (χ1) is 11.5. The average molecular weight is 391 g/mol. The van der Waals surface area contributed by atoms with Gasteiger partial charge in [-0.1, -0.05) is 34.8 Å². The van der Waals surface area contributed by atoms with Crippen molar-refractivity contribution >= 4 is 46.4 Å². The molecule has 2 fully saturated rings. The maximum Gasteiger partial charge on any atom is 0.238 e. The Balaban J connectivity index is 1.48. The maximum absolute atomic E-state index is 12.3. The van der Waals surface area contributed by atoms with E-state index in [1.54, 1.807) is 12.1 Å². The van der Waals surface area contributed by atoms with Crippen LogP contribution in [0, 0.1) is 5.92 Å². The third-order valence-electron chi connectivity index (χ3n) is 4.95. The smallest absolute Gasteiger partial charge is 0.238 e. The van der Waals surface area contributed by atoms with Gasteiger partial charge in [0.2, 0.25) is 5.91 Å². The van der Waals surface area contributed by atoms with Gasteiger partial charge in [-0.25, -0.2) is 0 Å². The molecule has 0 aliphatic carbocycles. The minimum absolute atomic E-state index is 0.0762. The highest BCUT2D eigenvalue weighted by atomic mass is 35.5. The van der Waals surface area contributed by atoms with Gasteiger partial charge in [0, 0.05) is 6.04 Å². The maximum atomic E-state index is 12.3. The minimum Gasteiger partial charge on any atom is -0.324 e. The number of piperidine rings is 1. The number of hydrogen-bond donors (Lipinski definition) is 2. The number of likely N-dealkylation sites (tertiary alicyclic amines) is 1. The molecular weight excluding hydrogens is 369 g/mol. The molecule has 0 spiro atoms. The number of halogens is 3. The number of hydrogen-bond acceptors (Lipinski definition) is 3. The van der Waals surface area contributed by atoms with E-state index in [0.717, 1.165) is 38.4 Å². The summed E-state index contributed by atoms with van der Waals surface area (Å²) >= 11 is 18.0. The zero-order valence-electron chi connectivity index (χ0n) is 13.5. The monoisotopic (exact) mass is 389 g/mol. The van der Waals surface area contributed by atoms with Gasteiger partial charge >= 0.3 is 0 Å². The van der Waals surface area contributed by atoms with Gasteiger partial charge in [-0.2, -0.15) is 0 Å². The van der Waals surface area contributed by atoms with Crippen LogP contribution in [-0.4, -0.2) is 43.0 Å². The van der Waals surface area contributed by atoms with Gasteiger partial charge in [-0.15, -0.1) is 0 Å². The molecule has 1 unspecified atom stereocenters. The number of nitrogens with zero attached hydrogens (tertiary/aromatic N) is 1. The van der Waals surface area contributed by atoms with Gasteiger partial charge < -0.3 is 10.6 Å². The lowest BCUT2D eigenvalue weighted by Gasteiger charge is -2.34. The second-order valence-electron chi connectivity index (χ2n) is 6.61. The zero-order chi connectivity index (χ0) is 17.1. The first-order valence-corrected chi connectivity index (χ1v) is 9.56. The lowest BCUT2D eigenvalue weighted by atomic mass is 9.88. The van der Waals surface area contributed by atoms with Crippen molar-refractivity contribution in [2.75, 3.05) is 31.5 Å². The number of carbonyl (C=O) groups is 1. The van der Waals surface area contributed by atoms with Crippen molar-refractivity contribution in [2.45, 2.75) is 31.7 Å². The summed E-state index contributed by atoms with van der Waals surface area (Å²) in [5.74, 6) is 0.670. The molecule has 2 aliphatic rings. The molecule has 2 heterocycles. The third-order valence-corrected chi connectivity index (χ3v) is 5.99. The number of anilines is 1. The second kappa shape index (κ2) is 8.24. The summed E-state index contributed by atoms with van der Waals surface area (Å²) in [4.78, 5) is 14.5. The van der Waals surface area contributed by atoms with Crippen LogP contribution in [0.25, 0.3) is 0 Å². The Morgan fingerprint density at radius 2 is 1.83 bits per heavy atom. The highest BCUT2D eigenvalue weighted by Crippen LogP contribution is 2.32. The molecule has 24 heavy (non-hydrogen) atoms. The van der Waals surface area contributed by atoms with E-state index in [1.807, 2.05) is 0 Å². The van der Waals surface area contributed by atoms with Crippen LogP contribution < -0.4 is 10.6 Å². The van der Waals surface area contributed by atoms with E-state index in [1.165, 1.54) is 12.8 Å². The van der Waals surface area contributed by atoms with E-state index >= 15 is 0 Å². The average Bonchev–Trinajstić information content (AvgIpc) is 3.08. The highest BCUT2D eigenvalue weighted by molar-refractivity contribution is 6.44. The molecular formula is C17H22Cl3N3O. The minimum atomic E-state index is -0.0762. The summed E-state index contributed by atoms with van der Waals surface area (Å²) in [6.07, 6.45) is 4.88. The van der Waals surface area contributed by atoms with Gasteiger partial charge in [-0.05, 0) is 63.4 Å². The van der Waals surface area contributed by atoms with Gasteiger partial charge in [0.15, 0.2) is 0 Å². The molecule has 0 saturated carbocycles. The lowest BCUT2D eigenvalue weighted by Crippen LogP contribution is -2.43. The molecule has 132 valence electrons. The van der Waals surface area contributed by atoms with Gasteiger partial charge in [-0.3, -0.25) is 9.69 Å². The largest absolute Gasteiger partial charge is 0.324 e. The van der Waals surface area contributed by atoms with Crippen LogP contribution in [0.5, 0.6) is 0 Å². The number of nitrogens with one attached hydrogen (secondary N) is 2. The molecule has 2 saturated heterocycles. The predicted octanol–water partition coefficient (Wildman–Crippen LogP) is 4.05. The number of benzene rings is 1. The Morgan fingerprint density at radius 1 is 1.12 bits per heavy atom. The van der Waals surface area contributed by atoms with Crippen LogP contribution in [0.3, 0.4) is 0 Å². The topological polar surface area (TPSA) is 44.4 Å². The molecule has 7 heteroatoms. The molecule has 0 bridgehead atoms. The first kappa shape index (κ1) is 18.3. The number of amides is 1. The Labute approximate surface area is 157 Å². The Hall–Kier alpha value is -0.520. The van der Waals surface area contributed by atoms with E-state index in [-0.39, 0.29) is 5.91 Å². The van der Waals surface area contributed by atoms with Crippen LogP contribution in [-0.2, 0) is 4.79 Å². The van der Waals surface area contributed by atoms with Crippen LogP contribution in [0.1, 0.15) is 25.7 Å². The Bertz CT molecular complexity index is 597. The summed E-state index contributed by atoms with van der Waals surface area (Å²) in [6, 6.07) is 3.81. The fraction of sp³-hybridized carbons (Fsp3) is 0.588. The number of rotatable bonds is 4. The van der Waals surface area contributed by atoms with Crippen LogP contribution in [0.2, 0.25) is 15.1 Å². The van der Waals surface area contributed by atoms with Crippen molar-refractivity contribution in [3.63, 3.8) is 0 Å². The quantitative estimate of drug-likeness (QED) is 0.762. The fourth-order valence-corrected chi connectivity index (χ4v) is 4.23. The SMILES string of the molecule is O=C(CN1CCC(C2CCCN2)CC1)Nc1cc(Cl)c(Cl)cc1Cl. The normalized spacial score (nSPS) is 22.7. The van der Waals surface area contributed by atoms with Gasteiger partial charge in [0.1, 0.15) is 0 Å². The van der Waals surface area contributed by atoms with E-state index < -0.39 is 0 Å². The molecule has 1 aromatic rings. The summed E-state index contributed by atoms with van der Waals surface area (Å²) in [5.41, 5.74) is 0.501. The Kier molecular flexibility index (Phi) is 6.27. The second-order valence-corrected chi connectivity index (χ2v) is 7.83. The lowest BCUT2D eigenvalue weighted by molar-refractivity contribution is -0.117. The summed E-state index contributed by atoms with van der Waals surface area (Å²) in [5, 5.41) is 7.56. The van der Waals surface area contributed by atoms with Crippen molar-refractivity contribution in [1.29, 1.82) is 0 Å². The molecule has 0 radical (unpaired) electrons.